The first-order valence-electron chi connectivity index (χ1n) is 14.8. The van der Waals surface area contributed by atoms with Gasteiger partial charge in [-0.1, -0.05) is 19.1 Å². The van der Waals surface area contributed by atoms with Gasteiger partial charge in [0.2, 0.25) is 0 Å². The highest BCUT2D eigenvalue weighted by Gasteiger charge is 2.62. The van der Waals surface area contributed by atoms with Gasteiger partial charge in [0, 0.05) is 35.9 Å². The molecule has 0 saturated carbocycles. The molecule has 0 radical (unpaired) electrons. The van der Waals surface area contributed by atoms with Crippen LogP contribution in [0.25, 0.3) is 32.9 Å². The van der Waals surface area contributed by atoms with Gasteiger partial charge >= 0.3 is 20.4 Å². The number of benzene rings is 4. The Hall–Kier alpha value is -4.88. The highest BCUT2D eigenvalue weighted by atomic mass is 19.5. The van der Waals surface area contributed by atoms with E-state index in [1.807, 2.05) is 24.3 Å². The first-order chi connectivity index (χ1) is 22.6. The van der Waals surface area contributed by atoms with Crippen LogP contribution in [0.2, 0.25) is 0 Å². The zero-order chi connectivity index (χ0) is 34.8. The van der Waals surface area contributed by atoms with Gasteiger partial charge in [-0.15, -0.1) is 0 Å². The molecule has 0 amide bonds. The Morgan fingerprint density at radius 3 is 2.00 bits per heavy atom. The van der Waals surface area contributed by atoms with Crippen LogP contribution in [-0.4, -0.2) is 45.7 Å². The maximum Gasteiger partial charge on any atom is 0.924 e. The first-order valence-corrected chi connectivity index (χ1v) is 14.8. The predicted octanol–water partition coefficient (Wildman–Crippen LogP) is 9.14. The van der Waals surface area contributed by atoms with Crippen molar-refractivity contribution in [2.24, 2.45) is 0 Å². The average molecular weight is 677 g/mol. The maximum atomic E-state index is 17.0. The van der Waals surface area contributed by atoms with Crippen LogP contribution in [-0.2, 0) is 6.18 Å². The summed E-state index contributed by atoms with van der Waals surface area (Å²) in [5.41, 5.74) is 3.30. The highest BCUT2D eigenvalue weighted by Crippen LogP contribution is 2.55. The Morgan fingerprint density at radius 2 is 1.40 bits per heavy atom. The van der Waals surface area contributed by atoms with Crippen molar-refractivity contribution in [3.63, 3.8) is 0 Å². The second kappa shape index (κ2) is 11.7. The molecule has 4 aromatic carbocycles. The first kappa shape index (κ1) is 33.0. The Morgan fingerprint density at radius 1 is 0.771 bits per heavy atom. The van der Waals surface area contributed by atoms with Crippen molar-refractivity contribution < 1.29 is 57.5 Å². The lowest BCUT2D eigenvalue weighted by molar-refractivity contribution is -0.596. The minimum Gasteiger partial charge on any atom is -0.496 e. The van der Waals surface area contributed by atoms with E-state index in [2.05, 4.69) is 11.8 Å². The molecule has 2 aliphatic rings. The summed E-state index contributed by atoms with van der Waals surface area (Å²) in [5, 5.41) is 1.12. The molecule has 16 heteroatoms. The van der Waals surface area contributed by atoms with E-state index in [1.54, 1.807) is 31.4 Å². The molecule has 5 nitrogen and oxygen atoms in total. The van der Waals surface area contributed by atoms with E-state index < -0.39 is 26.0 Å². The molecule has 0 fully saturated rings. The van der Waals surface area contributed by atoms with Crippen LogP contribution in [0.1, 0.15) is 24.5 Å². The Labute approximate surface area is 268 Å². The molecule has 0 atom stereocenters. The molecule has 5 aromatic rings. The minimum atomic E-state index is -6.00. The Kier molecular flexibility index (Phi) is 8.03. The van der Waals surface area contributed by atoms with Crippen LogP contribution < -0.4 is 18.9 Å². The van der Waals surface area contributed by atoms with Crippen molar-refractivity contribution in [2.45, 2.75) is 19.5 Å². The van der Waals surface area contributed by atoms with Gasteiger partial charge in [-0.3, -0.25) is 8.96 Å². The van der Waals surface area contributed by atoms with Gasteiger partial charge in [0.05, 0.1) is 41.9 Å². The largest absolute Gasteiger partial charge is 0.924 e. The molecule has 0 bridgehead atoms. The van der Waals surface area contributed by atoms with E-state index in [4.69, 9.17) is 9.47 Å². The van der Waals surface area contributed by atoms with Crippen molar-refractivity contribution in [2.75, 3.05) is 25.7 Å². The fourth-order valence-electron chi connectivity index (χ4n) is 6.59. The number of ether oxygens (including phenoxy) is 2. The standard InChI is InChI=1S/C32H26BF5N3O2.BF4/c1-4-17-39-22-7-5-9-25(42-2)27(22)30-28-24(8-6-10-26(28)43-3)41-31-19(11-16-23(39)29(30)31)18-40(33(41,37)38)21-14-12-20(13-15-21)32(34,35)36;2-1(3,4)5/h5-16,18H,4,17H2,1-3H3;/q+1;-1. The van der Waals surface area contributed by atoms with Crippen molar-refractivity contribution in [1.82, 2.24) is 0 Å². The number of anilines is 2. The molecule has 3 heterocycles. The second-order valence-electron chi connectivity index (χ2n) is 11.2. The molecule has 7 rings (SSSR count). The zero-order valence-electron chi connectivity index (χ0n) is 25.6. The van der Waals surface area contributed by atoms with Crippen molar-refractivity contribution in [1.29, 1.82) is 0 Å². The molecule has 0 aliphatic carbocycles. The van der Waals surface area contributed by atoms with Gasteiger partial charge in [0.25, 0.3) is 0 Å². The quantitative estimate of drug-likeness (QED) is 0.106. The van der Waals surface area contributed by atoms with Crippen LogP contribution in [0.3, 0.4) is 0 Å². The number of nitrogens with zero attached hydrogens (tertiary/aromatic N) is 3. The van der Waals surface area contributed by atoms with Crippen molar-refractivity contribution in [3.05, 3.63) is 83.9 Å². The molecule has 2 aliphatic heterocycles. The SMILES string of the molecule is CCCN1c2cccc(OC)c2-c2c3c(OC)cccc3[n+]3c4c(ccc1c24)C=[N+](c1ccc(C(F)(F)F)cc1)[B-]3(F)F.F[B-](F)(F)F. The van der Waals surface area contributed by atoms with E-state index in [1.165, 1.54) is 13.3 Å². The number of aromatic nitrogens is 1. The summed E-state index contributed by atoms with van der Waals surface area (Å²) in [6.45, 7) is -1.89. The summed E-state index contributed by atoms with van der Waals surface area (Å²) in [5.74, 6) is 1.02. The number of halogens is 9. The number of pyridine rings is 1. The number of hydrogen-bond donors (Lipinski definition) is 0. The fourth-order valence-corrected chi connectivity index (χ4v) is 6.59. The number of alkyl halides is 3. The molecular weight excluding hydrogens is 651 g/mol. The third-order valence-electron chi connectivity index (χ3n) is 8.33. The van der Waals surface area contributed by atoms with Crippen LogP contribution in [0.5, 0.6) is 11.5 Å². The number of methoxy groups -OCH3 is 2. The third kappa shape index (κ3) is 5.36. The molecule has 1 aromatic heterocycles. The lowest BCUT2D eigenvalue weighted by Gasteiger charge is -2.35. The molecular formula is C32H26B2F9N3O2. The summed E-state index contributed by atoms with van der Waals surface area (Å²) in [4.78, 5) is 2.13. The van der Waals surface area contributed by atoms with Crippen LogP contribution >= 0.6 is 0 Å². The van der Waals surface area contributed by atoms with Gasteiger partial charge in [-0.25, -0.2) is 0 Å². The lowest BCUT2D eigenvalue weighted by atomic mass is 9.82. The highest BCUT2D eigenvalue weighted by molar-refractivity contribution is 6.51. The van der Waals surface area contributed by atoms with Gasteiger partial charge in [0.15, 0.2) is 16.7 Å². The van der Waals surface area contributed by atoms with Gasteiger partial charge < -0.3 is 40.3 Å². The third-order valence-corrected chi connectivity index (χ3v) is 8.33. The van der Waals surface area contributed by atoms with Gasteiger partial charge in [0.1, 0.15) is 23.3 Å². The van der Waals surface area contributed by atoms with E-state index in [9.17, 15) is 30.4 Å². The van der Waals surface area contributed by atoms with E-state index in [0.29, 0.717) is 39.9 Å². The van der Waals surface area contributed by atoms with Crippen LogP contribution in [0.4, 0.5) is 56.1 Å². The number of rotatable bonds is 5. The van der Waals surface area contributed by atoms with Gasteiger partial charge in [-0.05, 0) is 48.9 Å². The van der Waals surface area contributed by atoms with E-state index in [0.717, 1.165) is 62.2 Å². The van der Waals surface area contributed by atoms with Crippen LogP contribution in [0.15, 0.2) is 72.8 Å². The summed E-state index contributed by atoms with van der Waals surface area (Å²) in [7, 11) is -2.91. The van der Waals surface area contributed by atoms with Crippen LogP contribution in [0, 0.1) is 0 Å². The van der Waals surface area contributed by atoms with Crippen molar-refractivity contribution >= 4 is 59.3 Å². The average Bonchev–Trinajstić information content (AvgIpc) is 3.03. The summed E-state index contributed by atoms with van der Waals surface area (Å²) < 4.78 is 126. The molecule has 0 spiro atoms. The maximum absolute atomic E-state index is 17.0. The topological polar surface area (TPSA) is 28.6 Å². The zero-order valence-corrected chi connectivity index (χ0v) is 25.6. The molecule has 48 heavy (non-hydrogen) atoms. The van der Waals surface area contributed by atoms with Gasteiger partial charge in [-0.2, -0.15) is 13.2 Å². The molecule has 0 N–H and O–H groups in total. The second-order valence-corrected chi connectivity index (χ2v) is 11.2. The molecule has 0 saturated heterocycles. The minimum absolute atomic E-state index is 0.0554. The Balaban J connectivity index is 0.000000749. The molecule has 0 unspecified atom stereocenters. The lowest BCUT2D eigenvalue weighted by Crippen LogP contribution is -2.67. The summed E-state index contributed by atoms with van der Waals surface area (Å²) >= 11 is 0. The Bertz CT molecular complexity index is 2090. The normalized spacial score (nSPS) is 14.7. The number of fused-ring (bicyclic) bond motifs is 5. The number of hydrogen-bond acceptors (Lipinski definition) is 3. The van der Waals surface area contributed by atoms with E-state index in [-0.39, 0.29) is 11.2 Å². The fraction of sp³-hybridized carbons (Fsp3) is 0.188. The predicted molar refractivity (Wildman–Crippen MR) is 168 cm³/mol. The van der Waals surface area contributed by atoms with Crippen molar-refractivity contribution in [3.8, 4) is 22.6 Å². The molecule has 250 valence electrons. The monoisotopic (exact) mass is 677 g/mol. The van der Waals surface area contributed by atoms with E-state index >= 15 is 8.63 Å². The summed E-state index contributed by atoms with van der Waals surface area (Å²) in [6, 6.07) is 18.3. The smallest absolute Gasteiger partial charge is 0.496 e. The summed E-state index contributed by atoms with van der Waals surface area (Å²) in [6.07, 6.45) is -2.45.